The molecule has 3 rings (SSSR count). The molecular formula is C17H20N2O2. The van der Waals surface area contributed by atoms with Crippen molar-refractivity contribution in [2.24, 2.45) is 5.92 Å². The fraction of sp³-hybridized carbons (Fsp3) is 0.412. The topological polar surface area (TPSA) is 53.4 Å². The molecule has 4 heteroatoms. The Hall–Kier alpha value is -1.94. The van der Waals surface area contributed by atoms with Gasteiger partial charge in [0.25, 0.3) is 0 Å². The van der Waals surface area contributed by atoms with Crippen LogP contribution in [0.1, 0.15) is 25.0 Å². The third kappa shape index (κ3) is 3.58. The maximum atomic E-state index is 10.8. The molecule has 1 fully saturated rings. The van der Waals surface area contributed by atoms with E-state index in [4.69, 9.17) is 10.1 Å². The van der Waals surface area contributed by atoms with Crippen LogP contribution in [0.25, 0.3) is 10.9 Å². The zero-order valence-electron chi connectivity index (χ0n) is 12.0. The smallest absolute Gasteiger partial charge is 0.303 e. The van der Waals surface area contributed by atoms with Gasteiger partial charge in [0.2, 0.25) is 0 Å². The van der Waals surface area contributed by atoms with E-state index in [2.05, 4.69) is 23.1 Å². The van der Waals surface area contributed by atoms with Crippen molar-refractivity contribution >= 4 is 16.9 Å². The predicted molar refractivity (Wildman–Crippen MR) is 82.0 cm³/mol. The number of nitrogens with zero attached hydrogens (tertiary/aromatic N) is 2. The number of piperidine rings is 1. The summed E-state index contributed by atoms with van der Waals surface area (Å²) >= 11 is 0. The van der Waals surface area contributed by atoms with Crippen molar-refractivity contribution in [1.29, 1.82) is 0 Å². The lowest BCUT2D eigenvalue weighted by molar-refractivity contribution is -0.138. The summed E-state index contributed by atoms with van der Waals surface area (Å²) in [6.45, 7) is 2.70. The second-order valence-electron chi connectivity index (χ2n) is 5.84. The minimum atomic E-state index is -0.689. The Bertz CT molecular complexity index is 641. The number of fused-ring (bicyclic) bond motifs is 1. The van der Waals surface area contributed by atoms with Crippen molar-refractivity contribution < 1.29 is 9.90 Å². The maximum absolute atomic E-state index is 10.8. The molecule has 1 N–H and O–H groups in total. The molecule has 0 amide bonds. The van der Waals surface area contributed by atoms with Crippen LogP contribution in [0.15, 0.2) is 36.4 Å². The number of carboxylic acid groups (broad SMARTS) is 1. The van der Waals surface area contributed by atoms with Crippen LogP contribution >= 0.6 is 0 Å². The first-order valence-corrected chi connectivity index (χ1v) is 7.49. The van der Waals surface area contributed by atoms with Crippen LogP contribution < -0.4 is 0 Å². The van der Waals surface area contributed by atoms with E-state index in [1.807, 2.05) is 18.2 Å². The van der Waals surface area contributed by atoms with E-state index in [-0.39, 0.29) is 12.3 Å². The molecule has 0 radical (unpaired) electrons. The summed E-state index contributed by atoms with van der Waals surface area (Å²) in [6, 6.07) is 12.3. The number of pyridine rings is 1. The van der Waals surface area contributed by atoms with Crippen LogP contribution in [0.3, 0.4) is 0 Å². The highest BCUT2D eigenvalue weighted by atomic mass is 16.4. The molecule has 2 aromatic rings. The second-order valence-corrected chi connectivity index (χ2v) is 5.84. The fourth-order valence-corrected chi connectivity index (χ4v) is 3.13. The van der Waals surface area contributed by atoms with Crippen molar-refractivity contribution in [3.05, 3.63) is 42.1 Å². The van der Waals surface area contributed by atoms with Gasteiger partial charge >= 0.3 is 5.97 Å². The SMILES string of the molecule is O=C(O)CC1CCCN(Cc2ccc3ccccc3n2)C1. The molecule has 1 aliphatic heterocycles. The largest absolute Gasteiger partial charge is 0.481 e. The molecule has 1 saturated heterocycles. The maximum Gasteiger partial charge on any atom is 0.303 e. The van der Waals surface area contributed by atoms with Crippen LogP contribution in [0.5, 0.6) is 0 Å². The molecule has 0 spiro atoms. The molecule has 1 unspecified atom stereocenters. The van der Waals surface area contributed by atoms with E-state index in [1.54, 1.807) is 0 Å². The van der Waals surface area contributed by atoms with Crippen LogP contribution in [0.2, 0.25) is 0 Å². The van der Waals surface area contributed by atoms with Gasteiger partial charge in [-0.15, -0.1) is 0 Å². The van der Waals surface area contributed by atoms with Gasteiger partial charge in [-0.25, -0.2) is 0 Å². The number of likely N-dealkylation sites (tertiary alicyclic amines) is 1. The lowest BCUT2D eigenvalue weighted by Crippen LogP contribution is -2.35. The molecule has 21 heavy (non-hydrogen) atoms. The first-order valence-electron chi connectivity index (χ1n) is 7.49. The predicted octanol–water partition coefficient (Wildman–Crippen LogP) is 2.92. The summed E-state index contributed by atoms with van der Waals surface area (Å²) in [5.41, 5.74) is 2.08. The van der Waals surface area contributed by atoms with Gasteiger partial charge in [0.05, 0.1) is 11.2 Å². The number of rotatable bonds is 4. The molecule has 1 aliphatic rings. The highest BCUT2D eigenvalue weighted by Gasteiger charge is 2.22. The average molecular weight is 284 g/mol. The normalized spacial score (nSPS) is 19.7. The van der Waals surface area contributed by atoms with E-state index >= 15 is 0 Å². The van der Waals surface area contributed by atoms with Crippen molar-refractivity contribution in [2.45, 2.75) is 25.8 Å². The quantitative estimate of drug-likeness (QED) is 0.938. The van der Waals surface area contributed by atoms with Crippen molar-refractivity contribution in [3.63, 3.8) is 0 Å². The Labute approximate surface area is 124 Å². The van der Waals surface area contributed by atoms with Crippen molar-refractivity contribution in [2.75, 3.05) is 13.1 Å². The standard InChI is InChI=1S/C17H20N2O2/c20-17(21)10-13-4-3-9-19(11-13)12-15-8-7-14-5-1-2-6-16(14)18-15/h1-2,5-8,13H,3-4,9-12H2,(H,20,21). The van der Waals surface area contributed by atoms with Crippen molar-refractivity contribution in [3.8, 4) is 0 Å². The minimum absolute atomic E-state index is 0.275. The monoisotopic (exact) mass is 284 g/mol. The fourth-order valence-electron chi connectivity index (χ4n) is 3.13. The number of aliphatic carboxylic acids is 1. The van der Waals surface area contributed by atoms with Crippen LogP contribution in [-0.4, -0.2) is 34.0 Å². The van der Waals surface area contributed by atoms with Crippen LogP contribution in [0, 0.1) is 5.92 Å². The first kappa shape index (κ1) is 14.0. The summed E-state index contributed by atoms with van der Waals surface area (Å²) < 4.78 is 0. The zero-order chi connectivity index (χ0) is 14.7. The summed E-state index contributed by atoms with van der Waals surface area (Å²) in [4.78, 5) is 17.9. The molecule has 0 saturated carbocycles. The molecule has 1 atom stereocenters. The van der Waals surface area contributed by atoms with Gasteiger partial charge in [0.1, 0.15) is 0 Å². The summed E-state index contributed by atoms with van der Waals surface area (Å²) in [5.74, 6) is -0.414. The van der Waals surface area contributed by atoms with Gasteiger partial charge in [-0.2, -0.15) is 0 Å². The number of carboxylic acids is 1. The molecule has 2 heterocycles. The van der Waals surface area contributed by atoms with E-state index in [1.165, 1.54) is 0 Å². The Kier molecular flexibility index (Phi) is 4.15. The third-order valence-corrected chi connectivity index (χ3v) is 4.11. The Morgan fingerprint density at radius 3 is 3.00 bits per heavy atom. The van der Waals surface area contributed by atoms with Gasteiger partial charge in [0, 0.05) is 24.9 Å². The van der Waals surface area contributed by atoms with E-state index in [0.29, 0.717) is 0 Å². The van der Waals surface area contributed by atoms with Gasteiger partial charge in [-0.3, -0.25) is 14.7 Å². The molecule has 0 bridgehead atoms. The number of aromatic nitrogens is 1. The lowest BCUT2D eigenvalue weighted by Gasteiger charge is -2.31. The number of hydrogen-bond donors (Lipinski definition) is 1. The third-order valence-electron chi connectivity index (χ3n) is 4.11. The second kappa shape index (κ2) is 6.22. The van der Waals surface area contributed by atoms with Gasteiger partial charge in [-0.05, 0) is 37.4 Å². The van der Waals surface area contributed by atoms with E-state index in [9.17, 15) is 4.79 Å². The van der Waals surface area contributed by atoms with Crippen molar-refractivity contribution in [1.82, 2.24) is 9.88 Å². The van der Waals surface area contributed by atoms with Gasteiger partial charge in [0.15, 0.2) is 0 Å². The highest BCUT2D eigenvalue weighted by Crippen LogP contribution is 2.21. The summed E-state index contributed by atoms with van der Waals surface area (Å²) in [5, 5.41) is 10.1. The summed E-state index contributed by atoms with van der Waals surface area (Å²) in [6.07, 6.45) is 2.38. The molecule has 1 aromatic carbocycles. The molecular weight excluding hydrogens is 264 g/mol. The van der Waals surface area contributed by atoms with Crippen LogP contribution in [-0.2, 0) is 11.3 Å². The average Bonchev–Trinajstić information content (AvgIpc) is 2.47. The number of hydrogen-bond acceptors (Lipinski definition) is 3. The number of benzene rings is 1. The number of carbonyl (C=O) groups is 1. The van der Waals surface area contributed by atoms with Gasteiger partial charge < -0.3 is 5.11 Å². The molecule has 4 nitrogen and oxygen atoms in total. The Balaban J connectivity index is 1.68. The van der Waals surface area contributed by atoms with E-state index < -0.39 is 5.97 Å². The van der Waals surface area contributed by atoms with Gasteiger partial charge in [-0.1, -0.05) is 24.3 Å². The van der Waals surface area contributed by atoms with Crippen LogP contribution in [0.4, 0.5) is 0 Å². The molecule has 110 valence electrons. The Morgan fingerprint density at radius 1 is 1.29 bits per heavy atom. The number of para-hydroxylation sites is 1. The van der Waals surface area contributed by atoms with E-state index in [0.717, 1.165) is 49.1 Å². The summed E-state index contributed by atoms with van der Waals surface area (Å²) in [7, 11) is 0. The zero-order valence-corrected chi connectivity index (χ0v) is 12.0. The molecule has 0 aliphatic carbocycles. The molecule has 1 aromatic heterocycles. The Morgan fingerprint density at radius 2 is 2.14 bits per heavy atom. The highest BCUT2D eigenvalue weighted by molar-refractivity contribution is 5.78. The lowest BCUT2D eigenvalue weighted by atomic mass is 9.95. The first-order chi connectivity index (χ1) is 10.2. The minimum Gasteiger partial charge on any atom is -0.481 e.